The highest BCUT2D eigenvalue weighted by Gasteiger charge is 2.31. The van der Waals surface area contributed by atoms with E-state index in [9.17, 15) is 9.59 Å². The van der Waals surface area contributed by atoms with E-state index in [-0.39, 0.29) is 23.5 Å². The largest absolute Gasteiger partial charge is 0.496 e. The molecule has 2 fully saturated rings. The number of carbonyl (C=O) groups excluding carboxylic acids is 1. The number of hydrogen-bond acceptors (Lipinski definition) is 7. The van der Waals surface area contributed by atoms with Crippen molar-refractivity contribution in [1.29, 1.82) is 0 Å². The van der Waals surface area contributed by atoms with Gasteiger partial charge in [0.2, 0.25) is 11.9 Å². The predicted octanol–water partition coefficient (Wildman–Crippen LogP) is 2.78. The van der Waals surface area contributed by atoms with Crippen LogP contribution < -0.4 is 20.5 Å². The molecule has 3 heterocycles. The Bertz CT molecular complexity index is 1260. The molecule has 34 heavy (non-hydrogen) atoms. The summed E-state index contributed by atoms with van der Waals surface area (Å²) < 4.78 is 13.2. The SMILES string of the molecule is COc1ccc(NC(=O)C2CC2)cc1[C@H]1CN(c2nc(-c3ccncc3)cc(=O)n2C)CCO1. The highest BCUT2D eigenvalue weighted by atomic mass is 16.5. The molecular weight excluding hydrogens is 434 g/mol. The molecule has 176 valence electrons. The van der Waals surface area contributed by atoms with Gasteiger partial charge in [-0.1, -0.05) is 0 Å². The maximum absolute atomic E-state index is 12.7. The first-order chi connectivity index (χ1) is 16.5. The van der Waals surface area contributed by atoms with Gasteiger partial charge in [-0.05, 0) is 43.2 Å². The third-order valence-electron chi connectivity index (χ3n) is 6.23. The number of nitrogens with zero attached hydrogens (tertiary/aromatic N) is 4. The average molecular weight is 462 g/mol. The Hall–Kier alpha value is -3.72. The number of methoxy groups -OCH3 is 1. The van der Waals surface area contributed by atoms with Gasteiger partial charge in [0.15, 0.2) is 0 Å². The van der Waals surface area contributed by atoms with Crippen molar-refractivity contribution < 1.29 is 14.3 Å². The summed E-state index contributed by atoms with van der Waals surface area (Å²) in [5.74, 6) is 1.43. The number of ether oxygens (including phenoxy) is 2. The van der Waals surface area contributed by atoms with Gasteiger partial charge in [0.1, 0.15) is 11.9 Å². The molecule has 1 saturated heterocycles. The second-order valence-electron chi connectivity index (χ2n) is 8.60. The van der Waals surface area contributed by atoms with Gasteiger partial charge in [-0.3, -0.25) is 19.1 Å². The Morgan fingerprint density at radius 3 is 2.71 bits per heavy atom. The number of pyridine rings is 1. The summed E-state index contributed by atoms with van der Waals surface area (Å²) in [7, 11) is 3.34. The van der Waals surface area contributed by atoms with Gasteiger partial charge < -0.3 is 19.7 Å². The zero-order chi connectivity index (χ0) is 23.7. The van der Waals surface area contributed by atoms with Crippen LogP contribution in [0.15, 0.2) is 53.6 Å². The number of rotatable bonds is 6. The summed E-state index contributed by atoms with van der Waals surface area (Å²) in [5.41, 5.74) is 2.86. The minimum atomic E-state index is -0.317. The van der Waals surface area contributed by atoms with Gasteiger partial charge in [-0.25, -0.2) is 4.98 Å². The van der Waals surface area contributed by atoms with E-state index in [1.807, 2.05) is 30.3 Å². The number of anilines is 2. The third-order valence-corrected chi connectivity index (χ3v) is 6.23. The molecule has 1 atom stereocenters. The van der Waals surface area contributed by atoms with E-state index in [4.69, 9.17) is 14.5 Å². The molecule has 5 rings (SSSR count). The van der Waals surface area contributed by atoms with Crippen molar-refractivity contribution >= 4 is 17.5 Å². The van der Waals surface area contributed by atoms with Crippen LogP contribution in [-0.4, -0.2) is 47.2 Å². The molecule has 9 nitrogen and oxygen atoms in total. The fourth-order valence-corrected chi connectivity index (χ4v) is 4.15. The van der Waals surface area contributed by atoms with Crippen molar-refractivity contribution in [3.05, 3.63) is 64.7 Å². The van der Waals surface area contributed by atoms with Crippen LogP contribution >= 0.6 is 0 Å². The van der Waals surface area contributed by atoms with Crippen molar-refractivity contribution in [3.63, 3.8) is 0 Å². The molecule has 0 unspecified atom stereocenters. The van der Waals surface area contributed by atoms with Crippen LogP contribution in [0.3, 0.4) is 0 Å². The summed E-state index contributed by atoms with van der Waals surface area (Å²) in [6.07, 6.45) is 4.93. The van der Waals surface area contributed by atoms with Crippen LogP contribution in [-0.2, 0) is 16.6 Å². The molecule has 2 aliphatic rings. The third kappa shape index (κ3) is 4.51. The number of benzene rings is 1. The van der Waals surface area contributed by atoms with Crippen molar-refractivity contribution in [1.82, 2.24) is 14.5 Å². The van der Waals surface area contributed by atoms with Crippen LogP contribution in [0.2, 0.25) is 0 Å². The first kappa shape index (κ1) is 22.1. The molecule has 1 aliphatic heterocycles. The van der Waals surface area contributed by atoms with Gasteiger partial charge in [0.25, 0.3) is 5.56 Å². The Kier molecular flexibility index (Phi) is 6.02. The number of carbonyl (C=O) groups is 1. The molecule has 2 aromatic heterocycles. The Balaban J connectivity index is 1.44. The van der Waals surface area contributed by atoms with E-state index >= 15 is 0 Å². The number of morpholine rings is 1. The molecule has 0 spiro atoms. The van der Waals surface area contributed by atoms with Crippen LogP contribution in [0.1, 0.15) is 24.5 Å². The molecule has 0 radical (unpaired) electrons. The zero-order valence-corrected chi connectivity index (χ0v) is 19.2. The van der Waals surface area contributed by atoms with E-state index in [1.54, 1.807) is 31.1 Å². The minimum Gasteiger partial charge on any atom is -0.496 e. The fourth-order valence-electron chi connectivity index (χ4n) is 4.15. The molecule has 1 amide bonds. The molecular formula is C25H27N5O4. The van der Waals surface area contributed by atoms with Crippen molar-refractivity contribution in [3.8, 4) is 17.0 Å². The predicted molar refractivity (Wildman–Crippen MR) is 128 cm³/mol. The van der Waals surface area contributed by atoms with Crippen LogP contribution in [0.4, 0.5) is 11.6 Å². The topological polar surface area (TPSA) is 98.6 Å². The Morgan fingerprint density at radius 1 is 1.18 bits per heavy atom. The fraction of sp³-hybridized carbons (Fsp3) is 0.360. The molecule has 1 N–H and O–H groups in total. The quantitative estimate of drug-likeness (QED) is 0.603. The van der Waals surface area contributed by atoms with E-state index in [2.05, 4.69) is 15.2 Å². The maximum Gasteiger partial charge on any atom is 0.255 e. The van der Waals surface area contributed by atoms with E-state index in [1.165, 1.54) is 6.07 Å². The lowest BCUT2D eigenvalue weighted by molar-refractivity contribution is -0.117. The summed E-state index contributed by atoms with van der Waals surface area (Å²) in [6, 6.07) is 10.8. The van der Waals surface area contributed by atoms with Gasteiger partial charge in [0, 0.05) is 54.8 Å². The zero-order valence-electron chi connectivity index (χ0n) is 19.2. The summed E-state index contributed by atoms with van der Waals surface area (Å²) in [4.78, 5) is 35.9. The van der Waals surface area contributed by atoms with Crippen molar-refractivity contribution in [2.75, 3.05) is 37.0 Å². The number of aromatic nitrogens is 3. The highest BCUT2D eigenvalue weighted by Crippen LogP contribution is 2.35. The van der Waals surface area contributed by atoms with Crippen LogP contribution in [0.25, 0.3) is 11.3 Å². The normalized spacial score (nSPS) is 17.9. The van der Waals surface area contributed by atoms with Gasteiger partial charge in [0.05, 0.1) is 26.0 Å². The van der Waals surface area contributed by atoms with Crippen LogP contribution in [0, 0.1) is 5.92 Å². The molecule has 1 aliphatic carbocycles. The average Bonchev–Trinajstić information content (AvgIpc) is 3.72. The van der Waals surface area contributed by atoms with Gasteiger partial charge in [-0.2, -0.15) is 0 Å². The molecule has 9 heteroatoms. The summed E-state index contributed by atoms with van der Waals surface area (Å²) in [6.45, 7) is 1.54. The van der Waals surface area contributed by atoms with Gasteiger partial charge >= 0.3 is 0 Å². The molecule has 1 aromatic carbocycles. The summed E-state index contributed by atoms with van der Waals surface area (Å²) in [5, 5.41) is 2.99. The lowest BCUT2D eigenvalue weighted by Gasteiger charge is -2.35. The molecule has 0 bridgehead atoms. The van der Waals surface area contributed by atoms with E-state index in [0.717, 1.165) is 29.7 Å². The second-order valence-corrected chi connectivity index (χ2v) is 8.60. The van der Waals surface area contributed by atoms with E-state index in [0.29, 0.717) is 37.1 Å². The number of amides is 1. The number of nitrogens with one attached hydrogen (secondary N) is 1. The lowest BCUT2D eigenvalue weighted by atomic mass is 10.1. The molecule has 3 aromatic rings. The minimum absolute atomic E-state index is 0.0504. The first-order valence-electron chi connectivity index (χ1n) is 11.4. The first-order valence-corrected chi connectivity index (χ1v) is 11.4. The Morgan fingerprint density at radius 2 is 1.97 bits per heavy atom. The summed E-state index contributed by atoms with van der Waals surface area (Å²) >= 11 is 0. The maximum atomic E-state index is 12.7. The smallest absolute Gasteiger partial charge is 0.255 e. The second kappa shape index (κ2) is 9.26. The highest BCUT2D eigenvalue weighted by molar-refractivity contribution is 5.94. The van der Waals surface area contributed by atoms with Crippen molar-refractivity contribution in [2.45, 2.75) is 18.9 Å². The van der Waals surface area contributed by atoms with Crippen molar-refractivity contribution in [2.24, 2.45) is 13.0 Å². The standard InChI is InChI=1S/C25H27N5O4/c1-29-23(31)14-20(16-7-9-26-10-8-16)28-25(29)30-11-12-34-22(15-30)19-13-18(5-6-21(19)33-2)27-24(32)17-3-4-17/h5-10,13-14,17,22H,3-4,11-12,15H2,1-2H3,(H,27,32)/t22-/m1/s1. The monoisotopic (exact) mass is 461 g/mol. The Labute approximate surface area is 197 Å². The number of hydrogen-bond donors (Lipinski definition) is 1. The van der Waals surface area contributed by atoms with Crippen LogP contribution in [0.5, 0.6) is 5.75 Å². The van der Waals surface area contributed by atoms with E-state index < -0.39 is 0 Å². The molecule has 1 saturated carbocycles. The van der Waals surface area contributed by atoms with Gasteiger partial charge in [-0.15, -0.1) is 0 Å². The lowest BCUT2D eigenvalue weighted by Crippen LogP contribution is -2.41.